The first-order valence-corrected chi connectivity index (χ1v) is 9.87. The van der Waals surface area contributed by atoms with Crippen molar-refractivity contribution in [2.75, 3.05) is 13.1 Å². The summed E-state index contributed by atoms with van der Waals surface area (Å²) in [5.74, 6) is 1.19. The SMILES string of the molecule is O=C(c1ccc(F)cc1)N1CC(Oc2ccc(-c3noc(-c4ccccc4)n3)cc2)C1. The number of hydrogen-bond donors (Lipinski definition) is 0. The Labute approximate surface area is 177 Å². The molecule has 3 aromatic carbocycles. The molecule has 0 unspecified atom stereocenters. The predicted octanol–water partition coefficient (Wildman–Crippen LogP) is 4.45. The minimum Gasteiger partial charge on any atom is -0.487 e. The molecule has 1 fully saturated rings. The maximum atomic E-state index is 13.0. The highest BCUT2D eigenvalue weighted by atomic mass is 19.1. The summed E-state index contributed by atoms with van der Waals surface area (Å²) in [5, 5.41) is 4.05. The van der Waals surface area contributed by atoms with Crippen molar-refractivity contribution in [2.24, 2.45) is 0 Å². The first-order chi connectivity index (χ1) is 15.2. The molecule has 4 aromatic rings. The molecule has 0 N–H and O–H groups in total. The predicted molar refractivity (Wildman–Crippen MR) is 112 cm³/mol. The van der Waals surface area contributed by atoms with E-state index in [9.17, 15) is 9.18 Å². The molecule has 2 heterocycles. The largest absolute Gasteiger partial charge is 0.487 e. The summed E-state index contributed by atoms with van der Waals surface area (Å²) in [6.07, 6.45) is -0.0786. The van der Waals surface area contributed by atoms with E-state index in [2.05, 4.69) is 10.1 Å². The lowest BCUT2D eigenvalue weighted by Crippen LogP contribution is -2.56. The monoisotopic (exact) mass is 415 g/mol. The van der Waals surface area contributed by atoms with Crippen LogP contribution < -0.4 is 4.74 Å². The summed E-state index contributed by atoms with van der Waals surface area (Å²) >= 11 is 0. The number of likely N-dealkylation sites (tertiary alicyclic amines) is 1. The average molecular weight is 415 g/mol. The Bertz CT molecular complexity index is 1180. The average Bonchev–Trinajstić information content (AvgIpc) is 3.27. The molecule has 1 aliphatic heterocycles. The van der Waals surface area contributed by atoms with E-state index in [1.165, 1.54) is 24.3 Å². The number of nitrogens with zero attached hydrogens (tertiary/aromatic N) is 3. The van der Waals surface area contributed by atoms with E-state index in [0.717, 1.165) is 11.1 Å². The minimum absolute atomic E-state index is 0.0786. The van der Waals surface area contributed by atoms with E-state index in [4.69, 9.17) is 9.26 Å². The zero-order chi connectivity index (χ0) is 21.2. The highest BCUT2D eigenvalue weighted by Gasteiger charge is 2.32. The van der Waals surface area contributed by atoms with E-state index in [1.54, 1.807) is 4.90 Å². The van der Waals surface area contributed by atoms with Gasteiger partial charge in [-0.05, 0) is 60.7 Å². The van der Waals surface area contributed by atoms with Crippen molar-refractivity contribution in [1.29, 1.82) is 0 Å². The van der Waals surface area contributed by atoms with E-state index < -0.39 is 0 Å². The first kappa shape index (κ1) is 19.0. The van der Waals surface area contributed by atoms with E-state index in [0.29, 0.717) is 36.1 Å². The lowest BCUT2D eigenvalue weighted by Gasteiger charge is -2.39. The van der Waals surface area contributed by atoms with Gasteiger partial charge >= 0.3 is 0 Å². The summed E-state index contributed by atoms with van der Waals surface area (Å²) in [5.41, 5.74) is 2.16. The fourth-order valence-corrected chi connectivity index (χ4v) is 3.37. The summed E-state index contributed by atoms with van der Waals surface area (Å²) in [6.45, 7) is 0.979. The Balaban J connectivity index is 1.18. The van der Waals surface area contributed by atoms with Gasteiger partial charge in [-0.2, -0.15) is 4.98 Å². The van der Waals surface area contributed by atoms with E-state index in [1.807, 2.05) is 54.6 Å². The van der Waals surface area contributed by atoms with Crippen LogP contribution in [-0.2, 0) is 0 Å². The third-order valence-corrected chi connectivity index (χ3v) is 5.09. The highest BCUT2D eigenvalue weighted by Crippen LogP contribution is 2.25. The molecule has 5 rings (SSSR count). The van der Waals surface area contributed by atoms with Gasteiger partial charge in [-0.15, -0.1) is 0 Å². The lowest BCUT2D eigenvalue weighted by atomic mass is 10.1. The second-order valence-corrected chi connectivity index (χ2v) is 7.27. The summed E-state index contributed by atoms with van der Waals surface area (Å²) in [6, 6.07) is 22.6. The van der Waals surface area contributed by atoms with Crippen molar-refractivity contribution in [2.45, 2.75) is 6.10 Å². The molecule has 0 spiro atoms. The van der Waals surface area contributed by atoms with Crippen LogP contribution in [0.1, 0.15) is 10.4 Å². The number of ether oxygens (including phenoxy) is 1. The van der Waals surface area contributed by atoms with Crippen molar-refractivity contribution < 1.29 is 18.4 Å². The quantitative estimate of drug-likeness (QED) is 0.482. The van der Waals surface area contributed by atoms with Gasteiger partial charge in [0.05, 0.1) is 13.1 Å². The van der Waals surface area contributed by atoms with Gasteiger partial charge in [0.15, 0.2) is 0 Å². The Morgan fingerprint density at radius 2 is 1.65 bits per heavy atom. The molecular formula is C24H18FN3O3. The number of rotatable bonds is 5. The number of benzene rings is 3. The smallest absolute Gasteiger partial charge is 0.258 e. The van der Waals surface area contributed by atoms with Crippen LogP contribution in [0.3, 0.4) is 0 Å². The Morgan fingerprint density at radius 3 is 2.35 bits per heavy atom. The van der Waals surface area contributed by atoms with Gasteiger partial charge in [-0.3, -0.25) is 4.79 Å². The van der Waals surface area contributed by atoms with Crippen LogP contribution >= 0.6 is 0 Å². The van der Waals surface area contributed by atoms with Crippen LogP contribution in [0.2, 0.25) is 0 Å². The number of halogens is 1. The topological polar surface area (TPSA) is 68.5 Å². The molecule has 0 atom stereocenters. The van der Waals surface area contributed by atoms with Gasteiger partial charge in [0.2, 0.25) is 5.82 Å². The second kappa shape index (κ2) is 8.02. The molecule has 31 heavy (non-hydrogen) atoms. The molecule has 1 saturated heterocycles. The van der Waals surface area contributed by atoms with Crippen molar-refractivity contribution in [3.63, 3.8) is 0 Å². The molecule has 6 nitrogen and oxygen atoms in total. The van der Waals surface area contributed by atoms with Crippen LogP contribution in [0.25, 0.3) is 22.8 Å². The third-order valence-electron chi connectivity index (χ3n) is 5.09. The first-order valence-electron chi connectivity index (χ1n) is 9.87. The van der Waals surface area contributed by atoms with Gasteiger partial charge in [-0.1, -0.05) is 23.4 Å². The van der Waals surface area contributed by atoms with Gasteiger partial charge in [0.1, 0.15) is 17.7 Å². The molecule has 7 heteroatoms. The molecule has 1 aliphatic rings. The summed E-state index contributed by atoms with van der Waals surface area (Å²) in [7, 11) is 0. The molecule has 0 radical (unpaired) electrons. The zero-order valence-electron chi connectivity index (χ0n) is 16.4. The standard InChI is InChI=1S/C24H18FN3O3/c25-19-10-6-18(7-11-19)24(29)28-14-21(15-28)30-20-12-8-16(9-13-20)22-26-23(31-27-22)17-4-2-1-3-5-17/h1-13,21H,14-15H2. The van der Waals surface area contributed by atoms with Crippen LogP contribution in [0.4, 0.5) is 4.39 Å². The number of aromatic nitrogens is 2. The molecule has 1 amide bonds. The fourth-order valence-electron chi connectivity index (χ4n) is 3.37. The normalized spacial score (nSPS) is 13.6. The lowest BCUT2D eigenvalue weighted by molar-refractivity contribution is 0.0178. The van der Waals surface area contributed by atoms with Crippen LogP contribution in [-0.4, -0.2) is 40.1 Å². The summed E-state index contributed by atoms with van der Waals surface area (Å²) in [4.78, 5) is 18.5. The maximum Gasteiger partial charge on any atom is 0.258 e. The van der Waals surface area contributed by atoms with E-state index in [-0.39, 0.29) is 17.8 Å². The number of hydrogen-bond acceptors (Lipinski definition) is 5. The fraction of sp³-hybridized carbons (Fsp3) is 0.125. The van der Waals surface area contributed by atoms with Gasteiger partial charge in [0, 0.05) is 16.7 Å². The Morgan fingerprint density at radius 1 is 0.935 bits per heavy atom. The van der Waals surface area contributed by atoms with Crippen molar-refractivity contribution in [3.8, 4) is 28.6 Å². The van der Waals surface area contributed by atoms with Gasteiger partial charge in [-0.25, -0.2) is 4.39 Å². The number of carbonyl (C=O) groups excluding carboxylic acids is 1. The molecule has 154 valence electrons. The maximum absolute atomic E-state index is 13.0. The number of carbonyl (C=O) groups is 1. The molecule has 1 aromatic heterocycles. The van der Waals surface area contributed by atoms with Crippen LogP contribution in [0, 0.1) is 5.82 Å². The van der Waals surface area contributed by atoms with E-state index >= 15 is 0 Å². The molecule has 0 aliphatic carbocycles. The van der Waals surface area contributed by atoms with Crippen molar-refractivity contribution in [3.05, 3.63) is 90.2 Å². The zero-order valence-corrected chi connectivity index (χ0v) is 16.4. The third kappa shape index (κ3) is 4.02. The Kier molecular flexibility index (Phi) is 4.92. The van der Waals surface area contributed by atoms with Crippen LogP contribution in [0.15, 0.2) is 83.4 Å². The minimum atomic E-state index is -0.359. The number of amides is 1. The van der Waals surface area contributed by atoms with Crippen molar-refractivity contribution >= 4 is 5.91 Å². The second-order valence-electron chi connectivity index (χ2n) is 7.27. The summed E-state index contributed by atoms with van der Waals surface area (Å²) < 4.78 is 24.3. The van der Waals surface area contributed by atoms with Crippen LogP contribution in [0.5, 0.6) is 5.75 Å². The van der Waals surface area contributed by atoms with Gasteiger partial charge < -0.3 is 14.2 Å². The van der Waals surface area contributed by atoms with Gasteiger partial charge in [0.25, 0.3) is 11.8 Å². The molecule has 0 bridgehead atoms. The Hall–Kier alpha value is -4.00. The molecule has 0 saturated carbocycles. The van der Waals surface area contributed by atoms with Crippen molar-refractivity contribution in [1.82, 2.24) is 15.0 Å². The molecular weight excluding hydrogens is 397 g/mol. The highest BCUT2D eigenvalue weighted by molar-refractivity contribution is 5.94.